The minimum atomic E-state index is -0.213. The highest BCUT2D eigenvalue weighted by atomic mass is 32.1. The molecule has 1 atom stereocenters. The molecular weight excluding hydrogens is 276 g/mol. The van der Waals surface area contributed by atoms with Gasteiger partial charge in [-0.05, 0) is 30.7 Å². The van der Waals surface area contributed by atoms with Gasteiger partial charge in [0.15, 0.2) is 0 Å². The van der Waals surface area contributed by atoms with E-state index < -0.39 is 0 Å². The Morgan fingerprint density at radius 2 is 2.20 bits per heavy atom. The van der Waals surface area contributed by atoms with Gasteiger partial charge in [-0.25, -0.2) is 0 Å². The van der Waals surface area contributed by atoms with Crippen LogP contribution in [0, 0.1) is 5.92 Å². The van der Waals surface area contributed by atoms with E-state index >= 15 is 0 Å². The van der Waals surface area contributed by atoms with Gasteiger partial charge >= 0.3 is 0 Å². The zero-order chi connectivity index (χ0) is 14.7. The maximum atomic E-state index is 12.3. The smallest absolute Gasteiger partial charge is 0.254 e. The molecule has 1 aromatic heterocycles. The van der Waals surface area contributed by atoms with Gasteiger partial charge in [0.1, 0.15) is 5.00 Å². The summed E-state index contributed by atoms with van der Waals surface area (Å²) >= 11 is 1.50. The second-order valence-corrected chi connectivity index (χ2v) is 6.32. The van der Waals surface area contributed by atoms with E-state index in [4.69, 9.17) is 5.11 Å². The quantitative estimate of drug-likeness (QED) is 0.789. The summed E-state index contributed by atoms with van der Waals surface area (Å²) in [6.07, 6.45) is 2.89. The normalized spacial score (nSPS) is 17.4. The van der Waals surface area contributed by atoms with Gasteiger partial charge in [-0.15, -0.1) is 11.3 Å². The van der Waals surface area contributed by atoms with Crippen molar-refractivity contribution in [2.75, 3.05) is 18.5 Å². The van der Waals surface area contributed by atoms with Crippen molar-refractivity contribution in [1.29, 1.82) is 0 Å². The molecule has 0 aromatic carbocycles. The molecule has 0 radical (unpaired) electrons. The van der Waals surface area contributed by atoms with Crippen LogP contribution in [0.1, 0.15) is 41.1 Å². The third-order valence-electron chi connectivity index (χ3n) is 3.43. The molecule has 6 heteroatoms. The lowest BCUT2D eigenvalue weighted by Crippen LogP contribution is -2.28. The Balaban J connectivity index is 2.35. The molecule has 0 saturated carbocycles. The molecule has 110 valence electrons. The summed E-state index contributed by atoms with van der Waals surface area (Å²) in [6, 6.07) is 0. The third-order valence-corrected chi connectivity index (χ3v) is 4.60. The fourth-order valence-corrected chi connectivity index (χ4v) is 3.95. The van der Waals surface area contributed by atoms with Gasteiger partial charge in [0.25, 0.3) is 5.91 Å². The highest BCUT2D eigenvalue weighted by molar-refractivity contribution is 7.17. The van der Waals surface area contributed by atoms with Crippen LogP contribution in [0.5, 0.6) is 0 Å². The van der Waals surface area contributed by atoms with Gasteiger partial charge in [0, 0.05) is 18.3 Å². The molecule has 0 bridgehead atoms. The van der Waals surface area contributed by atoms with Gasteiger partial charge in [-0.2, -0.15) is 0 Å². The average Bonchev–Trinajstić information content (AvgIpc) is 2.71. The van der Waals surface area contributed by atoms with E-state index in [0.717, 1.165) is 24.8 Å². The molecule has 0 aliphatic heterocycles. The Kier molecular flexibility index (Phi) is 4.77. The van der Waals surface area contributed by atoms with Crippen molar-refractivity contribution in [1.82, 2.24) is 5.32 Å². The minimum absolute atomic E-state index is 0.0927. The predicted octanol–water partition coefficient (Wildman–Crippen LogP) is 1.55. The molecule has 3 N–H and O–H groups in total. The molecule has 2 rings (SSSR count). The first kappa shape index (κ1) is 15.0. The number of hydrogen-bond donors (Lipinski definition) is 3. The van der Waals surface area contributed by atoms with Crippen molar-refractivity contribution in [3.63, 3.8) is 0 Å². The zero-order valence-corrected chi connectivity index (χ0v) is 12.6. The van der Waals surface area contributed by atoms with Gasteiger partial charge in [-0.1, -0.05) is 6.92 Å². The number of rotatable bonds is 4. The summed E-state index contributed by atoms with van der Waals surface area (Å²) in [5.41, 5.74) is 1.65. The number of amides is 2. The Morgan fingerprint density at radius 3 is 2.85 bits per heavy atom. The fraction of sp³-hybridized carbons (Fsp3) is 0.571. The Hall–Kier alpha value is -1.40. The largest absolute Gasteiger partial charge is 0.395 e. The number of anilines is 1. The van der Waals surface area contributed by atoms with Crippen molar-refractivity contribution < 1.29 is 14.7 Å². The Morgan fingerprint density at radius 1 is 1.45 bits per heavy atom. The molecule has 0 fully saturated rings. The van der Waals surface area contributed by atoms with Gasteiger partial charge in [0.05, 0.1) is 12.2 Å². The molecule has 0 unspecified atom stereocenters. The van der Waals surface area contributed by atoms with Crippen molar-refractivity contribution in [3.05, 3.63) is 16.0 Å². The molecule has 1 heterocycles. The summed E-state index contributed by atoms with van der Waals surface area (Å²) < 4.78 is 0. The molecule has 20 heavy (non-hydrogen) atoms. The van der Waals surface area contributed by atoms with Crippen LogP contribution in [0.3, 0.4) is 0 Å². The van der Waals surface area contributed by atoms with E-state index in [0.29, 0.717) is 16.5 Å². The number of thiophene rings is 1. The average molecular weight is 296 g/mol. The maximum Gasteiger partial charge on any atom is 0.254 e. The van der Waals surface area contributed by atoms with E-state index in [1.807, 2.05) is 0 Å². The van der Waals surface area contributed by atoms with E-state index in [9.17, 15) is 9.59 Å². The van der Waals surface area contributed by atoms with Gasteiger partial charge in [0.2, 0.25) is 5.91 Å². The van der Waals surface area contributed by atoms with Crippen LogP contribution < -0.4 is 10.6 Å². The van der Waals surface area contributed by atoms with Crippen molar-refractivity contribution in [2.45, 2.75) is 33.1 Å². The van der Waals surface area contributed by atoms with Crippen molar-refractivity contribution in [3.8, 4) is 0 Å². The number of aliphatic hydroxyl groups excluding tert-OH is 1. The van der Waals surface area contributed by atoms with Crippen molar-refractivity contribution in [2.24, 2.45) is 5.92 Å². The van der Waals surface area contributed by atoms with E-state index in [2.05, 4.69) is 17.6 Å². The lowest BCUT2D eigenvalue weighted by Gasteiger charge is -2.18. The van der Waals surface area contributed by atoms with Gasteiger partial charge < -0.3 is 15.7 Å². The molecule has 1 aliphatic carbocycles. The summed E-state index contributed by atoms with van der Waals surface area (Å²) in [6.45, 7) is 3.77. The molecule has 5 nitrogen and oxygen atoms in total. The number of carbonyl (C=O) groups excluding carboxylic acids is 2. The summed E-state index contributed by atoms with van der Waals surface area (Å²) in [4.78, 5) is 24.8. The second-order valence-electron chi connectivity index (χ2n) is 5.22. The van der Waals surface area contributed by atoms with Crippen molar-refractivity contribution >= 4 is 28.2 Å². The topological polar surface area (TPSA) is 78.4 Å². The Bertz CT molecular complexity index is 525. The van der Waals surface area contributed by atoms with Crippen LogP contribution in [0.25, 0.3) is 0 Å². The molecule has 0 spiro atoms. The van der Waals surface area contributed by atoms with Crippen LogP contribution in [0.15, 0.2) is 0 Å². The zero-order valence-electron chi connectivity index (χ0n) is 11.8. The maximum absolute atomic E-state index is 12.3. The first-order chi connectivity index (χ1) is 9.52. The second kappa shape index (κ2) is 6.37. The standard InChI is InChI=1S/C14H20N2O3S/c1-8-3-4-10-11(7-8)20-14(16-9(2)18)12(10)13(19)15-5-6-17/h8,17H,3-7H2,1-2H3,(H,15,19)(H,16,18)/t8-/m0/s1. The van der Waals surface area contributed by atoms with Gasteiger partial charge in [-0.3, -0.25) is 9.59 Å². The van der Waals surface area contributed by atoms with E-state index in [1.165, 1.54) is 23.1 Å². The predicted molar refractivity (Wildman–Crippen MR) is 79.2 cm³/mol. The fourth-order valence-electron chi connectivity index (χ4n) is 2.50. The Labute approximate surface area is 122 Å². The van der Waals surface area contributed by atoms with Crippen LogP contribution in [-0.2, 0) is 17.6 Å². The van der Waals surface area contributed by atoms with Crippen LogP contribution in [0.2, 0.25) is 0 Å². The van der Waals surface area contributed by atoms with Crippen LogP contribution in [-0.4, -0.2) is 30.1 Å². The first-order valence-electron chi connectivity index (χ1n) is 6.84. The SMILES string of the molecule is CC(=O)Nc1sc2c(c1C(=O)NCCO)CC[C@H](C)C2. The molecule has 0 saturated heterocycles. The highest BCUT2D eigenvalue weighted by Crippen LogP contribution is 2.39. The van der Waals surface area contributed by atoms with Crippen LogP contribution >= 0.6 is 11.3 Å². The summed E-state index contributed by atoms with van der Waals surface area (Å²) in [5.74, 6) is 0.224. The molecular formula is C14H20N2O3S. The monoisotopic (exact) mass is 296 g/mol. The minimum Gasteiger partial charge on any atom is -0.395 e. The summed E-state index contributed by atoms with van der Waals surface area (Å²) in [5, 5.41) is 14.9. The van der Waals surface area contributed by atoms with E-state index in [-0.39, 0.29) is 25.0 Å². The highest BCUT2D eigenvalue weighted by Gasteiger charge is 2.27. The number of aliphatic hydroxyl groups is 1. The molecule has 1 aromatic rings. The lowest BCUT2D eigenvalue weighted by atomic mass is 9.88. The summed E-state index contributed by atoms with van der Waals surface area (Å²) in [7, 11) is 0. The molecule has 2 amide bonds. The van der Waals surface area contributed by atoms with E-state index in [1.54, 1.807) is 0 Å². The number of nitrogens with one attached hydrogen (secondary N) is 2. The third kappa shape index (κ3) is 3.19. The number of fused-ring (bicyclic) bond motifs is 1. The van der Waals surface area contributed by atoms with Crippen LogP contribution in [0.4, 0.5) is 5.00 Å². The number of carbonyl (C=O) groups is 2. The first-order valence-corrected chi connectivity index (χ1v) is 7.65. The number of hydrogen-bond acceptors (Lipinski definition) is 4. The lowest BCUT2D eigenvalue weighted by molar-refractivity contribution is -0.114. The molecule has 1 aliphatic rings.